The SMILES string of the molecule is COC(=O)c1ccc(NS(=O)(=O)c2ccc(NC(=O)N3CCCCCC3)cc2)cc1. The number of amides is 2. The topological polar surface area (TPSA) is 105 Å². The molecule has 160 valence electrons. The molecule has 9 heteroatoms. The van der Waals surface area contributed by atoms with E-state index in [0.717, 1.165) is 38.8 Å². The van der Waals surface area contributed by atoms with E-state index < -0.39 is 16.0 Å². The number of likely N-dealkylation sites (tertiary alicyclic amines) is 1. The van der Waals surface area contributed by atoms with Crippen LogP contribution in [0.5, 0.6) is 0 Å². The number of ether oxygens (including phenoxy) is 1. The number of sulfonamides is 1. The summed E-state index contributed by atoms with van der Waals surface area (Å²) in [5, 5.41) is 2.82. The molecule has 2 amide bonds. The van der Waals surface area contributed by atoms with Crippen LogP contribution in [0.1, 0.15) is 36.0 Å². The first-order valence-corrected chi connectivity index (χ1v) is 11.2. The van der Waals surface area contributed by atoms with Crippen LogP contribution >= 0.6 is 0 Å². The fraction of sp³-hybridized carbons (Fsp3) is 0.333. The lowest BCUT2D eigenvalue weighted by molar-refractivity contribution is 0.0600. The molecule has 1 aliphatic rings. The summed E-state index contributed by atoms with van der Waals surface area (Å²) in [6.07, 6.45) is 4.26. The van der Waals surface area contributed by atoms with E-state index in [-0.39, 0.29) is 10.9 Å². The smallest absolute Gasteiger partial charge is 0.337 e. The van der Waals surface area contributed by atoms with E-state index in [1.807, 2.05) is 0 Å². The van der Waals surface area contributed by atoms with Gasteiger partial charge in [-0.3, -0.25) is 4.72 Å². The maximum absolute atomic E-state index is 12.6. The van der Waals surface area contributed by atoms with Crippen molar-refractivity contribution in [3.8, 4) is 0 Å². The van der Waals surface area contributed by atoms with Gasteiger partial charge in [-0.2, -0.15) is 0 Å². The zero-order valence-corrected chi connectivity index (χ0v) is 17.6. The molecule has 30 heavy (non-hydrogen) atoms. The maximum atomic E-state index is 12.6. The molecule has 0 atom stereocenters. The van der Waals surface area contributed by atoms with E-state index in [1.165, 1.54) is 43.5 Å². The van der Waals surface area contributed by atoms with Gasteiger partial charge in [0.2, 0.25) is 0 Å². The van der Waals surface area contributed by atoms with Crippen LogP contribution in [0, 0.1) is 0 Å². The first kappa shape index (κ1) is 21.6. The number of anilines is 2. The van der Waals surface area contributed by atoms with E-state index in [0.29, 0.717) is 16.9 Å². The van der Waals surface area contributed by atoms with Gasteiger partial charge in [0.15, 0.2) is 0 Å². The Morgan fingerprint density at radius 1 is 0.867 bits per heavy atom. The largest absolute Gasteiger partial charge is 0.465 e. The van der Waals surface area contributed by atoms with Gasteiger partial charge in [-0.05, 0) is 61.4 Å². The molecule has 8 nitrogen and oxygen atoms in total. The number of nitrogens with one attached hydrogen (secondary N) is 2. The number of carbonyl (C=O) groups is 2. The predicted molar refractivity (Wildman–Crippen MR) is 114 cm³/mol. The van der Waals surface area contributed by atoms with Crippen LogP contribution in [0.3, 0.4) is 0 Å². The minimum absolute atomic E-state index is 0.0623. The Hall–Kier alpha value is -3.07. The molecule has 0 radical (unpaired) electrons. The number of esters is 1. The van der Waals surface area contributed by atoms with Gasteiger partial charge in [0.25, 0.3) is 10.0 Å². The summed E-state index contributed by atoms with van der Waals surface area (Å²) >= 11 is 0. The third-order valence-corrected chi connectivity index (χ3v) is 6.26. The summed E-state index contributed by atoms with van der Waals surface area (Å²) in [5.74, 6) is -0.498. The summed E-state index contributed by atoms with van der Waals surface area (Å²) in [6.45, 7) is 1.47. The standard InChI is InChI=1S/C21H25N3O5S/c1-29-20(25)16-6-8-18(9-7-16)23-30(27,28)19-12-10-17(11-13-19)22-21(26)24-14-4-2-3-5-15-24/h6-13,23H,2-5,14-15H2,1H3,(H,22,26). The monoisotopic (exact) mass is 431 g/mol. The summed E-state index contributed by atoms with van der Waals surface area (Å²) in [4.78, 5) is 25.7. The lowest BCUT2D eigenvalue weighted by Crippen LogP contribution is -2.35. The number of hydrogen-bond donors (Lipinski definition) is 2. The highest BCUT2D eigenvalue weighted by Crippen LogP contribution is 2.20. The summed E-state index contributed by atoms with van der Waals surface area (Å²) in [6, 6.07) is 11.7. The van der Waals surface area contributed by atoms with Gasteiger partial charge in [-0.15, -0.1) is 0 Å². The molecule has 0 aromatic heterocycles. The van der Waals surface area contributed by atoms with Gasteiger partial charge in [0.05, 0.1) is 17.6 Å². The Balaban J connectivity index is 1.64. The Morgan fingerprint density at radius 2 is 1.43 bits per heavy atom. The molecule has 0 bridgehead atoms. The number of benzene rings is 2. The van der Waals surface area contributed by atoms with E-state index in [4.69, 9.17) is 0 Å². The molecule has 0 spiro atoms. The Bertz CT molecular complexity index is 980. The average Bonchev–Trinajstić information content (AvgIpc) is 3.03. The summed E-state index contributed by atoms with van der Waals surface area (Å²) in [7, 11) is -2.54. The van der Waals surface area contributed by atoms with Crippen LogP contribution in [0.2, 0.25) is 0 Å². The van der Waals surface area contributed by atoms with E-state index >= 15 is 0 Å². The van der Waals surface area contributed by atoms with Gasteiger partial charge >= 0.3 is 12.0 Å². The highest BCUT2D eigenvalue weighted by molar-refractivity contribution is 7.92. The highest BCUT2D eigenvalue weighted by atomic mass is 32.2. The Kier molecular flexibility index (Phi) is 6.94. The van der Waals surface area contributed by atoms with Gasteiger partial charge in [-0.25, -0.2) is 18.0 Å². The molecule has 1 saturated heterocycles. The molecule has 3 rings (SSSR count). The van der Waals surface area contributed by atoms with Crippen LogP contribution in [0.4, 0.5) is 16.2 Å². The minimum atomic E-state index is -3.81. The Labute approximate surface area is 176 Å². The normalized spacial score (nSPS) is 14.5. The molecule has 0 unspecified atom stereocenters. The second kappa shape index (κ2) is 9.62. The first-order chi connectivity index (χ1) is 14.4. The van der Waals surface area contributed by atoms with E-state index in [9.17, 15) is 18.0 Å². The van der Waals surface area contributed by atoms with Crippen molar-refractivity contribution < 1.29 is 22.7 Å². The zero-order valence-electron chi connectivity index (χ0n) is 16.8. The fourth-order valence-corrected chi connectivity index (χ4v) is 4.26. The van der Waals surface area contributed by atoms with Crippen LogP contribution in [0.15, 0.2) is 53.4 Å². The molecule has 2 aromatic carbocycles. The maximum Gasteiger partial charge on any atom is 0.337 e. The molecule has 2 N–H and O–H groups in total. The number of hydrogen-bond acceptors (Lipinski definition) is 5. The highest BCUT2D eigenvalue weighted by Gasteiger charge is 2.17. The first-order valence-electron chi connectivity index (χ1n) is 9.76. The summed E-state index contributed by atoms with van der Waals surface area (Å²) in [5.41, 5.74) is 1.18. The van der Waals surface area contributed by atoms with Crippen molar-refractivity contribution in [2.45, 2.75) is 30.6 Å². The summed E-state index contributed by atoms with van der Waals surface area (Å²) < 4.78 is 32.3. The van der Waals surface area contributed by atoms with Crippen molar-refractivity contribution in [1.82, 2.24) is 4.90 Å². The van der Waals surface area contributed by atoms with Crippen molar-refractivity contribution in [3.63, 3.8) is 0 Å². The number of urea groups is 1. The molecule has 0 aliphatic carbocycles. The quantitative estimate of drug-likeness (QED) is 0.703. The number of methoxy groups -OCH3 is 1. The van der Waals surface area contributed by atoms with Crippen LogP contribution < -0.4 is 10.0 Å². The molecule has 1 aliphatic heterocycles. The predicted octanol–water partition coefficient (Wildman–Crippen LogP) is 3.68. The molecule has 1 fully saturated rings. The number of carbonyl (C=O) groups excluding carboxylic acids is 2. The third kappa shape index (κ3) is 5.50. The van der Waals surface area contributed by atoms with Crippen LogP contribution in [0.25, 0.3) is 0 Å². The Morgan fingerprint density at radius 3 is 2.00 bits per heavy atom. The van der Waals surface area contributed by atoms with Gasteiger partial charge in [-0.1, -0.05) is 12.8 Å². The molecular weight excluding hydrogens is 406 g/mol. The number of nitrogens with zero attached hydrogens (tertiary/aromatic N) is 1. The second-order valence-corrected chi connectivity index (χ2v) is 8.71. The van der Waals surface area contributed by atoms with Crippen molar-refractivity contribution in [1.29, 1.82) is 0 Å². The fourth-order valence-electron chi connectivity index (χ4n) is 3.20. The second-order valence-electron chi connectivity index (χ2n) is 7.03. The van der Waals surface area contributed by atoms with Crippen molar-refractivity contribution in [2.75, 3.05) is 30.2 Å². The number of rotatable bonds is 5. The van der Waals surface area contributed by atoms with Gasteiger partial charge in [0, 0.05) is 24.5 Å². The molecule has 0 saturated carbocycles. The lowest BCUT2D eigenvalue weighted by Gasteiger charge is -2.20. The lowest BCUT2D eigenvalue weighted by atomic mass is 10.2. The van der Waals surface area contributed by atoms with Crippen molar-refractivity contribution >= 4 is 33.4 Å². The minimum Gasteiger partial charge on any atom is -0.465 e. The zero-order chi connectivity index (χ0) is 21.6. The third-order valence-electron chi connectivity index (χ3n) is 4.87. The molecule has 1 heterocycles. The van der Waals surface area contributed by atoms with Crippen molar-refractivity contribution in [3.05, 3.63) is 54.1 Å². The van der Waals surface area contributed by atoms with E-state index in [1.54, 1.807) is 17.0 Å². The van der Waals surface area contributed by atoms with Crippen LogP contribution in [-0.2, 0) is 14.8 Å². The van der Waals surface area contributed by atoms with Crippen LogP contribution in [-0.4, -0.2) is 45.5 Å². The van der Waals surface area contributed by atoms with Crippen molar-refractivity contribution in [2.24, 2.45) is 0 Å². The average molecular weight is 432 g/mol. The van der Waals surface area contributed by atoms with Gasteiger partial charge < -0.3 is 15.0 Å². The molecule has 2 aromatic rings. The van der Waals surface area contributed by atoms with E-state index in [2.05, 4.69) is 14.8 Å². The molecular formula is C21H25N3O5S. The van der Waals surface area contributed by atoms with Gasteiger partial charge in [0.1, 0.15) is 0 Å².